The van der Waals surface area contributed by atoms with Crippen molar-refractivity contribution in [3.8, 4) is 5.82 Å². The van der Waals surface area contributed by atoms with Crippen LogP contribution in [0, 0.1) is 20.8 Å². The number of rotatable bonds is 7. The monoisotopic (exact) mass is 490 g/mol. The van der Waals surface area contributed by atoms with E-state index in [2.05, 4.69) is 58.7 Å². The molecule has 2 atom stereocenters. The number of hydrogen-bond acceptors (Lipinski definition) is 5. The second-order valence-corrected chi connectivity index (χ2v) is 9.82. The molecule has 0 saturated carbocycles. The van der Waals surface area contributed by atoms with Gasteiger partial charge in [0, 0.05) is 50.0 Å². The van der Waals surface area contributed by atoms with Crippen LogP contribution in [0.2, 0.25) is 0 Å². The maximum Gasteiger partial charge on any atom is 0.170 e. The Labute approximate surface area is 213 Å². The standard InChI is InChI=1S/C27H34N6OS/c1-19-8-6-11-29-26(19)33-20(2)18-22(21(33)3)25-24(23-9-4-5-10-28-23)30-27(35)32(25)13-7-12-31-14-16-34-17-15-31/h4-6,8-11,18,24-25H,7,12-17H2,1-3H3,(H,30,35)/t24-,25-/m1/s1. The first kappa shape index (κ1) is 23.9. The average Bonchev–Trinajstić information content (AvgIpc) is 3.35. The van der Waals surface area contributed by atoms with Gasteiger partial charge < -0.3 is 19.5 Å². The van der Waals surface area contributed by atoms with Crippen molar-refractivity contribution in [2.75, 3.05) is 39.4 Å². The van der Waals surface area contributed by atoms with Crippen LogP contribution in [-0.2, 0) is 4.74 Å². The van der Waals surface area contributed by atoms with Crippen LogP contribution in [0.1, 0.15) is 46.7 Å². The third kappa shape index (κ3) is 4.83. The molecular weight excluding hydrogens is 456 g/mol. The lowest BCUT2D eigenvalue weighted by molar-refractivity contribution is 0.0365. The molecule has 7 nitrogen and oxygen atoms in total. The van der Waals surface area contributed by atoms with Crippen LogP contribution in [0.5, 0.6) is 0 Å². The summed E-state index contributed by atoms with van der Waals surface area (Å²) in [5.74, 6) is 0.982. The Morgan fingerprint density at radius 2 is 1.83 bits per heavy atom. The number of nitrogens with zero attached hydrogens (tertiary/aromatic N) is 5. The van der Waals surface area contributed by atoms with Gasteiger partial charge in [0.25, 0.3) is 0 Å². The lowest BCUT2D eigenvalue weighted by atomic mass is 9.96. The highest BCUT2D eigenvalue weighted by atomic mass is 32.1. The molecule has 2 saturated heterocycles. The highest BCUT2D eigenvalue weighted by Gasteiger charge is 2.41. The molecule has 35 heavy (non-hydrogen) atoms. The summed E-state index contributed by atoms with van der Waals surface area (Å²) in [7, 11) is 0. The summed E-state index contributed by atoms with van der Waals surface area (Å²) >= 11 is 5.90. The second kappa shape index (κ2) is 10.4. The Bertz CT molecular complexity index is 1170. The molecule has 8 heteroatoms. The van der Waals surface area contributed by atoms with Crippen LogP contribution in [-0.4, -0.2) is 68.8 Å². The van der Waals surface area contributed by atoms with Gasteiger partial charge in [0.1, 0.15) is 5.82 Å². The molecule has 0 aromatic carbocycles. The molecule has 0 amide bonds. The van der Waals surface area contributed by atoms with Crippen molar-refractivity contribution < 1.29 is 4.74 Å². The van der Waals surface area contributed by atoms with Crippen molar-refractivity contribution in [1.82, 2.24) is 29.7 Å². The second-order valence-electron chi connectivity index (χ2n) is 9.43. The van der Waals surface area contributed by atoms with E-state index < -0.39 is 0 Å². The summed E-state index contributed by atoms with van der Waals surface area (Å²) in [6.45, 7) is 12.1. The lowest BCUT2D eigenvalue weighted by Gasteiger charge is -2.30. The van der Waals surface area contributed by atoms with Gasteiger partial charge in [0.05, 0.1) is 31.0 Å². The normalized spacial score (nSPS) is 20.9. The van der Waals surface area contributed by atoms with Gasteiger partial charge >= 0.3 is 0 Å². The average molecular weight is 491 g/mol. The van der Waals surface area contributed by atoms with Gasteiger partial charge in [-0.05, 0) is 74.8 Å². The smallest absolute Gasteiger partial charge is 0.170 e. The number of aromatic nitrogens is 3. The zero-order valence-electron chi connectivity index (χ0n) is 20.8. The van der Waals surface area contributed by atoms with Crippen molar-refractivity contribution in [3.63, 3.8) is 0 Å². The quantitative estimate of drug-likeness (QED) is 0.504. The summed E-state index contributed by atoms with van der Waals surface area (Å²) in [6, 6.07) is 12.5. The minimum absolute atomic E-state index is 0.00846. The van der Waals surface area contributed by atoms with Gasteiger partial charge in [-0.15, -0.1) is 0 Å². The SMILES string of the molecule is Cc1cccnc1-n1c(C)cc([C@@H]2[C@@H](c3ccccn3)NC(=S)N2CCCN2CCOCC2)c1C. The molecule has 184 valence electrons. The van der Waals surface area contributed by atoms with E-state index in [9.17, 15) is 0 Å². The summed E-state index contributed by atoms with van der Waals surface area (Å²) in [4.78, 5) is 14.3. The molecule has 5 rings (SSSR count). The molecule has 0 aliphatic carbocycles. The number of ether oxygens (including phenoxy) is 1. The third-order valence-corrected chi connectivity index (χ3v) is 7.51. The topological polar surface area (TPSA) is 58.5 Å². The van der Waals surface area contributed by atoms with Crippen molar-refractivity contribution in [1.29, 1.82) is 0 Å². The van der Waals surface area contributed by atoms with Gasteiger partial charge in [-0.3, -0.25) is 9.88 Å². The number of aryl methyl sites for hydroxylation is 2. The maximum atomic E-state index is 5.90. The van der Waals surface area contributed by atoms with E-state index in [1.54, 1.807) is 0 Å². The minimum atomic E-state index is -0.00846. The predicted molar refractivity (Wildman–Crippen MR) is 142 cm³/mol. The zero-order chi connectivity index (χ0) is 24.4. The van der Waals surface area contributed by atoms with Gasteiger partial charge in [-0.2, -0.15) is 0 Å². The van der Waals surface area contributed by atoms with Crippen LogP contribution in [0.25, 0.3) is 5.82 Å². The van der Waals surface area contributed by atoms with E-state index >= 15 is 0 Å². The number of morpholine rings is 1. The Morgan fingerprint density at radius 1 is 1.03 bits per heavy atom. The predicted octanol–water partition coefficient (Wildman–Crippen LogP) is 3.89. The molecular formula is C27H34N6OS. The summed E-state index contributed by atoms with van der Waals surface area (Å²) in [6.07, 6.45) is 4.77. The Kier molecular flexibility index (Phi) is 7.13. The highest BCUT2D eigenvalue weighted by molar-refractivity contribution is 7.80. The zero-order valence-corrected chi connectivity index (χ0v) is 21.6. The van der Waals surface area contributed by atoms with E-state index in [1.165, 1.54) is 17.0 Å². The van der Waals surface area contributed by atoms with Gasteiger partial charge in [0.2, 0.25) is 0 Å². The fourth-order valence-electron chi connectivity index (χ4n) is 5.40. The van der Waals surface area contributed by atoms with Crippen LogP contribution < -0.4 is 5.32 Å². The summed E-state index contributed by atoms with van der Waals surface area (Å²) < 4.78 is 7.78. The first-order valence-electron chi connectivity index (χ1n) is 12.4. The van der Waals surface area contributed by atoms with Crippen LogP contribution in [0.15, 0.2) is 48.8 Å². The van der Waals surface area contributed by atoms with E-state index in [0.717, 1.165) is 68.0 Å². The molecule has 3 aromatic heterocycles. The Hall–Kier alpha value is -2.81. The fraction of sp³-hybridized carbons (Fsp3) is 0.444. The van der Waals surface area contributed by atoms with E-state index in [-0.39, 0.29) is 12.1 Å². The number of hydrogen-bond donors (Lipinski definition) is 1. The van der Waals surface area contributed by atoms with Crippen molar-refractivity contribution in [2.45, 2.75) is 39.3 Å². The van der Waals surface area contributed by atoms with E-state index in [4.69, 9.17) is 26.9 Å². The van der Waals surface area contributed by atoms with Crippen molar-refractivity contribution in [3.05, 3.63) is 77.0 Å². The number of nitrogens with one attached hydrogen (secondary N) is 1. The molecule has 1 N–H and O–H groups in total. The summed E-state index contributed by atoms with van der Waals surface area (Å²) in [5, 5.41) is 4.40. The summed E-state index contributed by atoms with van der Waals surface area (Å²) in [5.41, 5.74) is 5.80. The first-order valence-corrected chi connectivity index (χ1v) is 12.8. The van der Waals surface area contributed by atoms with Crippen molar-refractivity contribution in [2.24, 2.45) is 0 Å². The third-order valence-electron chi connectivity index (χ3n) is 7.16. The number of thiocarbonyl (C=S) groups is 1. The van der Waals surface area contributed by atoms with Crippen LogP contribution >= 0.6 is 12.2 Å². The Balaban J connectivity index is 1.48. The molecule has 2 aliphatic rings. The van der Waals surface area contributed by atoms with Gasteiger partial charge in [-0.1, -0.05) is 12.1 Å². The van der Waals surface area contributed by atoms with E-state index in [1.807, 2.05) is 30.6 Å². The lowest BCUT2D eigenvalue weighted by Crippen LogP contribution is -2.39. The molecule has 0 bridgehead atoms. The van der Waals surface area contributed by atoms with Gasteiger partial charge in [-0.25, -0.2) is 4.98 Å². The molecule has 0 unspecified atom stereocenters. The van der Waals surface area contributed by atoms with E-state index in [0.29, 0.717) is 0 Å². The van der Waals surface area contributed by atoms with Crippen LogP contribution in [0.4, 0.5) is 0 Å². The van der Waals surface area contributed by atoms with Gasteiger partial charge in [0.15, 0.2) is 5.11 Å². The molecule has 2 aliphatic heterocycles. The molecule has 3 aromatic rings. The van der Waals surface area contributed by atoms with Crippen LogP contribution in [0.3, 0.4) is 0 Å². The maximum absolute atomic E-state index is 5.90. The molecule has 0 spiro atoms. The first-order chi connectivity index (χ1) is 17.0. The van der Waals surface area contributed by atoms with Crippen molar-refractivity contribution >= 4 is 17.3 Å². The minimum Gasteiger partial charge on any atom is -0.379 e. The largest absolute Gasteiger partial charge is 0.379 e. The fourth-order valence-corrected chi connectivity index (χ4v) is 5.73. The molecule has 2 fully saturated rings. The molecule has 5 heterocycles. The Morgan fingerprint density at radius 3 is 2.57 bits per heavy atom. The molecule has 0 radical (unpaired) electrons. The number of pyridine rings is 2. The highest BCUT2D eigenvalue weighted by Crippen LogP contribution is 2.41.